The van der Waals surface area contributed by atoms with Gasteiger partial charge in [0, 0.05) is 18.0 Å². The molecule has 0 radical (unpaired) electrons. The first-order chi connectivity index (χ1) is 13.8. The van der Waals surface area contributed by atoms with Gasteiger partial charge in [-0.3, -0.25) is 0 Å². The van der Waals surface area contributed by atoms with Crippen LogP contribution in [0, 0.1) is 0 Å². The van der Waals surface area contributed by atoms with Gasteiger partial charge in [-0.1, -0.05) is 35.4 Å². The third kappa shape index (κ3) is 14.8. The lowest BCUT2D eigenvalue weighted by atomic mass is 10.2. The van der Waals surface area contributed by atoms with Crippen LogP contribution in [0.1, 0.15) is 44.1 Å². The van der Waals surface area contributed by atoms with Gasteiger partial charge in [0.15, 0.2) is 0 Å². The minimum atomic E-state index is -0.359. The summed E-state index contributed by atoms with van der Waals surface area (Å²) >= 11 is 0. The number of azide groups is 1. The summed E-state index contributed by atoms with van der Waals surface area (Å²) in [5.41, 5.74) is 9.15. The van der Waals surface area contributed by atoms with Crippen molar-refractivity contribution in [1.82, 2.24) is 16.0 Å². The van der Waals surface area contributed by atoms with Gasteiger partial charge in [-0.05, 0) is 75.8 Å². The Hall–Kier alpha value is -2.28. The number of hydrogen-bond donors (Lipinski definition) is 3. The zero-order valence-corrected chi connectivity index (χ0v) is 16.7. The number of carbonyl (C=O) groups excluding carboxylic acids is 1. The maximum Gasteiger partial charge on any atom is 0.407 e. The number of alkyl carbamates (subject to hydrolysis) is 1. The molecule has 8 nitrogen and oxygen atoms in total. The SMILES string of the molecule is [N-]=[N+]=NCCCCNCCCCNCCCCNC(=O)OCc1ccccc1. The zero-order valence-electron chi connectivity index (χ0n) is 16.7. The van der Waals surface area contributed by atoms with Crippen LogP contribution in [-0.4, -0.2) is 45.4 Å². The first-order valence-corrected chi connectivity index (χ1v) is 10.2. The number of nitrogens with zero attached hydrogens (tertiary/aromatic N) is 3. The minimum absolute atomic E-state index is 0.304. The van der Waals surface area contributed by atoms with E-state index in [0.717, 1.165) is 70.3 Å². The molecule has 1 aromatic rings. The van der Waals surface area contributed by atoms with Gasteiger partial charge in [0.05, 0.1) is 0 Å². The van der Waals surface area contributed by atoms with Gasteiger partial charge in [-0.2, -0.15) is 0 Å². The molecule has 28 heavy (non-hydrogen) atoms. The third-order valence-corrected chi connectivity index (χ3v) is 4.14. The van der Waals surface area contributed by atoms with Crippen LogP contribution in [-0.2, 0) is 11.3 Å². The molecule has 0 saturated carbocycles. The minimum Gasteiger partial charge on any atom is -0.445 e. The Morgan fingerprint density at radius 2 is 1.46 bits per heavy atom. The Balaban J connectivity index is 1.77. The summed E-state index contributed by atoms with van der Waals surface area (Å²) in [6.45, 7) is 5.52. The molecule has 8 heteroatoms. The predicted molar refractivity (Wildman–Crippen MR) is 112 cm³/mol. The van der Waals surface area contributed by atoms with E-state index in [2.05, 4.69) is 26.0 Å². The molecule has 0 aliphatic rings. The highest BCUT2D eigenvalue weighted by atomic mass is 16.5. The lowest BCUT2D eigenvalue weighted by Crippen LogP contribution is -2.26. The molecule has 0 atom stereocenters. The Labute approximate surface area is 168 Å². The molecule has 1 rings (SSSR count). The maximum absolute atomic E-state index is 11.6. The van der Waals surface area contributed by atoms with Crippen LogP contribution >= 0.6 is 0 Å². The second kappa shape index (κ2) is 18.1. The van der Waals surface area contributed by atoms with Crippen molar-refractivity contribution < 1.29 is 9.53 Å². The lowest BCUT2D eigenvalue weighted by Gasteiger charge is -2.08. The van der Waals surface area contributed by atoms with E-state index in [1.807, 2.05) is 30.3 Å². The van der Waals surface area contributed by atoms with Crippen molar-refractivity contribution in [1.29, 1.82) is 0 Å². The highest BCUT2D eigenvalue weighted by Crippen LogP contribution is 2.00. The van der Waals surface area contributed by atoms with Crippen molar-refractivity contribution in [3.8, 4) is 0 Å². The molecule has 0 fully saturated rings. The number of nitrogens with one attached hydrogen (secondary N) is 3. The topological polar surface area (TPSA) is 111 Å². The number of unbranched alkanes of at least 4 members (excludes halogenated alkanes) is 3. The van der Waals surface area contributed by atoms with Crippen LogP contribution in [0.25, 0.3) is 10.4 Å². The van der Waals surface area contributed by atoms with Crippen molar-refractivity contribution in [2.75, 3.05) is 39.3 Å². The van der Waals surface area contributed by atoms with Crippen LogP contribution in [0.4, 0.5) is 4.79 Å². The summed E-state index contributed by atoms with van der Waals surface area (Å²) in [5.74, 6) is 0. The standard InChI is InChI=1S/C20H34N6O2/c21-26-25-17-9-7-15-23-13-5-4-12-22-14-6-8-16-24-20(27)28-18-19-10-2-1-3-11-19/h1-3,10-11,22-23H,4-9,12-18H2,(H,24,27). The van der Waals surface area contributed by atoms with E-state index in [9.17, 15) is 4.79 Å². The van der Waals surface area contributed by atoms with E-state index in [4.69, 9.17) is 10.3 Å². The molecule has 0 bridgehead atoms. The van der Waals surface area contributed by atoms with Gasteiger partial charge in [-0.25, -0.2) is 4.79 Å². The van der Waals surface area contributed by atoms with Gasteiger partial charge in [0.25, 0.3) is 0 Å². The van der Waals surface area contributed by atoms with Gasteiger partial charge in [0.1, 0.15) is 6.61 Å². The van der Waals surface area contributed by atoms with Crippen LogP contribution in [0.2, 0.25) is 0 Å². The maximum atomic E-state index is 11.6. The molecule has 1 amide bonds. The molecule has 0 aliphatic heterocycles. The van der Waals surface area contributed by atoms with E-state index in [0.29, 0.717) is 19.7 Å². The largest absolute Gasteiger partial charge is 0.445 e. The third-order valence-electron chi connectivity index (χ3n) is 4.14. The van der Waals surface area contributed by atoms with Gasteiger partial charge in [0.2, 0.25) is 0 Å². The Kier molecular flexibility index (Phi) is 15.4. The van der Waals surface area contributed by atoms with Crippen LogP contribution < -0.4 is 16.0 Å². The lowest BCUT2D eigenvalue weighted by molar-refractivity contribution is 0.139. The highest BCUT2D eigenvalue weighted by molar-refractivity contribution is 5.67. The summed E-state index contributed by atoms with van der Waals surface area (Å²) in [7, 11) is 0. The Morgan fingerprint density at radius 1 is 0.893 bits per heavy atom. The summed E-state index contributed by atoms with van der Waals surface area (Å²) in [6.07, 6.45) is 5.90. The monoisotopic (exact) mass is 390 g/mol. The Bertz CT molecular complexity index is 549. The summed E-state index contributed by atoms with van der Waals surface area (Å²) in [6, 6.07) is 9.66. The number of rotatable bonds is 17. The summed E-state index contributed by atoms with van der Waals surface area (Å²) < 4.78 is 5.16. The van der Waals surface area contributed by atoms with Crippen LogP contribution in [0.5, 0.6) is 0 Å². The molecule has 1 aromatic carbocycles. The van der Waals surface area contributed by atoms with E-state index >= 15 is 0 Å². The van der Waals surface area contributed by atoms with Crippen molar-refractivity contribution in [2.45, 2.75) is 45.1 Å². The average molecular weight is 391 g/mol. The van der Waals surface area contributed by atoms with Gasteiger partial charge >= 0.3 is 6.09 Å². The predicted octanol–water partition coefficient (Wildman–Crippen LogP) is 3.74. The molecule has 0 aromatic heterocycles. The molecule has 0 spiro atoms. The van der Waals surface area contributed by atoms with Crippen molar-refractivity contribution in [3.63, 3.8) is 0 Å². The highest BCUT2D eigenvalue weighted by Gasteiger charge is 2.01. The van der Waals surface area contributed by atoms with E-state index in [1.165, 1.54) is 0 Å². The normalized spacial score (nSPS) is 10.3. The summed E-state index contributed by atoms with van der Waals surface area (Å²) in [4.78, 5) is 14.3. The molecule has 0 heterocycles. The van der Waals surface area contributed by atoms with Crippen LogP contribution in [0.15, 0.2) is 35.4 Å². The second-order valence-electron chi connectivity index (χ2n) is 6.56. The average Bonchev–Trinajstić information content (AvgIpc) is 2.72. The molecular weight excluding hydrogens is 356 g/mol. The smallest absolute Gasteiger partial charge is 0.407 e. The van der Waals surface area contributed by atoms with Gasteiger partial charge in [-0.15, -0.1) is 0 Å². The van der Waals surface area contributed by atoms with Crippen molar-refractivity contribution in [3.05, 3.63) is 46.3 Å². The van der Waals surface area contributed by atoms with Gasteiger partial charge < -0.3 is 20.7 Å². The molecular formula is C20H34N6O2. The Morgan fingerprint density at radius 3 is 2.07 bits per heavy atom. The fraction of sp³-hybridized carbons (Fsp3) is 0.650. The molecule has 0 unspecified atom stereocenters. The molecule has 156 valence electrons. The zero-order chi connectivity index (χ0) is 20.1. The quantitative estimate of drug-likeness (QED) is 0.163. The fourth-order valence-electron chi connectivity index (χ4n) is 2.57. The van der Waals surface area contributed by atoms with E-state index in [-0.39, 0.29) is 6.09 Å². The number of carbonyl (C=O) groups is 1. The summed E-state index contributed by atoms with van der Waals surface area (Å²) in [5, 5.41) is 13.1. The second-order valence-corrected chi connectivity index (χ2v) is 6.56. The number of amides is 1. The number of hydrogen-bond acceptors (Lipinski definition) is 5. The first kappa shape index (κ1) is 23.8. The number of benzene rings is 1. The number of ether oxygens (including phenoxy) is 1. The van der Waals surface area contributed by atoms with Crippen molar-refractivity contribution in [2.24, 2.45) is 5.11 Å². The van der Waals surface area contributed by atoms with E-state index in [1.54, 1.807) is 0 Å². The fourth-order valence-corrected chi connectivity index (χ4v) is 2.57. The van der Waals surface area contributed by atoms with Crippen molar-refractivity contribution >= 4 is 6.09 Å². The van der Waals surface area contributed by atoms with E-state index < -0.39 is 0 Å². The molecule has 0 saturated heterocycles. The molecule has 0 aliphatic carbocycles. The first-order valence-electron chi connectivity index (χ1n) is 10.2. The molecule has 3 N–H and O–H groups in total. The van der Waals surface area contributed by atoms with Crippen LogP contribution in [0.3, 0.4) is 0 Å².